The van der Waals surface area contributed by atoms with Crippen LogP contribution in [0.5, 0.6) is 11.5 Å². The van der Waals surface area contributed by atoms with Crippen molar-refractivity contribution in [1.82, 2.24) is 29.8 Å². The molecule has 0 saturated carbocycles. The first-order chi connectivity index (χ1) is 36.2. The molecule has 0 radical (unpaired) electrons. The highest BCUT2D eigenvalue weighted by Crippen LogP contribution is 2.59. The number of benzene rings is 4. The van der Waals surface area contributed by atoms with Crippen molar-refractivity contribution in [2.75, 3.05) is 72.1 Å². The molecule has 2 spiro atoms. The van der Waals surface area contributed by atoms with Gasteiger partial charge in [0, 0.05) is 110 Å². The summed E-state index contributed by atoms with van der Waals surface area (Å²) < 4.78 is 118. The fourth-order valence-corrected chi connectivity index (χ4v) is 12.4. The molecule has 75 heavy (non-hydrogen) atoms. The number of nitrogens with one attached hydrogen (secondary N) is 1. The van der Waals surface area contributed by atoms with Crippen molar-refractivity contribution in [3.8, 4) is 11.5 Å². The minimum Gasteiger partial charge on any atom is -0.440 e. The molecular formula is C54H60F6N6O9. The van der Waals surface area contributed by atoms with E-state index >= 15 is 9.59 Å². The lowest BCUT2D eigenvalue weighted by Gasteiger charge is -2.60. The van der Waals surface area contributed by atoms with E-state index in [0.717, 1.165) is 0 Å². The standard InChI is InChI=1S/C54H60F6N6O9/c55-40-9-1-36(2-10-40)31-45-53(75-50(68)65(45)33-38-5-13-42(14-6-38)72-47(57)58)20-25-63(27-28-64-26-21-61-49(64)67)35-44(53)54(32-37-3-11-41(56)12-4-37)52(18-23-62(24-19-52)22-17-46-70-29-30-71-46)74-51(69)66(54)34-39-7-15-43(16-8-39)73-48(59)60/h1-16,44-48H,17-35H2,(H,61,67). The summed E-state index contributed by atoms with van der Waals surface area (Å²) in [6, 6.07) is 23.0. The highest BCUT2D eigenvalue weighted by molar-refractivity contribution is 5.76. The zero-order chi connectivity index (χ0) is 52.3. The predicted molar refractivity (Wildman–Crippen MR) is 258 cm³/mol. The van der Waals surface area contributed by atoms with Gasteiger partial charge in [-0.05, 0) is 77.2 Å². The van der Waals surface area contributed by atoms with Crippen molar-refractivity contribution in [3.63, 3.8) is 0 Å². The van der Waals surface area contributed by atoms with Crippen LogP contribution in [0.4, 0.5) is 40.7 Å². The van der Waals surface area contributed by atoms with Gasteiger partial charge in [-0.3, -0.25) is 9.80 Å². The number of hydrogen-bond donors (Lipinski definition) is 1. The van der Waals surface area contributed by atoms with Gasteiger partial charge in [0.05, 0.1) is 24.8 Å². The van der Waals surface area contributed by atoms with Gasteiger partial charge < -0.3 is 48.4 Å². The Morgan fingerprint density at radius 3 is 1.79 bits per heavy atom. The van der Waals surface area contributed by atoms with E-state index in [1.165, 1.54) is 48.5 Å². The number of carbonyl (C=O) groups is 3. The Morgan fingerprint density at radius 2 is 1.20 bits per heavy atom. The molecule has 10 rings (SSSR count). The molecule has 4 aromatic carbocycles. The predicted octanol–water partition coefficient (Wildman–Crippen LogP) is 8.05. The van der Waals surface area contributed by atoms with E-state index < -0.39 is 65.7 Å². The molecule has 1 N–H and O–H groups in total. The molecule has 0 aromatic heterocycles. The Hall–Kier alpha value is -6.29. The summed E-state index contributed by atoms with van der Waals surface area (Å²) in [4.78, 5) is 53.0. The first-order valence-electron chi connectivity index (χ1n) is 25.5. The maximum Gasteiger partial charge on any atom is 0.411 e. The summed E-state index contributed by atoms with van der Waals surface area (Å²) in [6.45, 7) is -1.30. The SMILES string of the molecule is O=C1NCCN1CCN1CCC2(OC(=O)N(Cc3ccc(OC(F)F)cc3)C2Cc2ccc(F)cc2)C(C2(Cc3ccc(F)cc3)N(Cc3ccc(OC(F)F)cc3)C(=O)OC23CCN(CCC2OCCO2)CC3)C1. The number of halogens is 6. The lowest BCUT2D eigenvalue weighted by molar-refractivity contribution is -0.168. The molecule has 402 valence electrons. The van der Waals surface area contributed by atoms with E-state index in [4.69, 9.17) is 23.7 Å². The lowest BCUT2D eigenvalue weighted by Crippen LogP contribution is -2.75. The fraction of sp³-hybridized carbons (Fsp3) is 0.500. The Morgan fingerprint density at radius 1 is 0.627 bits per heavy atom. The van der Waals surface area contributed by atoms with Crippen LogP contribution in [0.1, 0.15) is 47.9 Å². The van der Waals surface area contributed by atoms with Crippen molar-refractivity contribution in [2.45, 2.75) is 93.9 Å². The summed E-state index contributed by atoms with van der Waals surface area (Å²) in [5.74, 6) is -1.94. The molecule has 4 amide bonds. The smallest absolute Gasteiger partial charge is 0.411 e. The second-order valence-electron chi connectivity index (χ2n) is 20.1. The zero-order valence-electron chi connectivity index (χ0n) is 41.2. The molecule has 4 unspecified atom stereocenters. The van der Waals surface area contributed by atoms with E-state index in [2.05, 4.69) is 19.9 Å². The normalized spacial score (nSPS) is 25.3. The third kappa shape index (κ3) is 11.0. The van der Waals surface area contributed by atoms with Crippen LogP contribution in [0.25, 0.3) is 0 Å². The number of amides is 4. The average Bonchev–Trinajstić information content (AvgIpc) is 4.35. The van der Waals surface area contributed by atoms with Crippen LogP contribution < -0.4 is 14.8 Å². The quantitative estimate of drug-likeness (QED) is 0.0915. The summed E-state index contributed by atoms with van der Waals surface area (Å²) >= 11 is 0. The molecule has 0 aliphatic carbocycles. The number of likely N-dealkylation sites (tertiary alicyclic amines) is 2. The van der Waals surface area contributed by atoms with Gasteiger partial charge in [0.15, 0.2) is 6.29 Å². The van der Waals surface area contributed by atoms with Crippen LogP contribution >= 0.6 is 0 Å². The molecule has 6 fully saturated rings. The van der Waals surface area contributed by atoms with Crippen LogP contribution in [0.3, 0.4) is 0 Å². The summed E-state index contributed by atoms with van der Waals surface area (Å²) in [7, 11) is 0. The minimum atomic E-state index is -3.07. The maximum absolute atomic E-state index is 15.4. The highest BCUT2D eigenvalue weighted by atomic mass is 19.3. The Balaban J connectivity index is 1.14. The number of urea groups is 1. The van der Waals surface area contributed by atoms with Crippen LogP contribution in [0.2, 0.25) is 0 Å². The molecule has 15 nitrogen and oxygen atoms in total. The Labute approximate surface area is 430 Å². The first kappa shape index (κ1) is 52.2. The van der Waals surface area contributed by atoms with Gasteiger partial charge >= 0.3 is 31.4 Å². The van der Waals surface area contributed by atoms with Crippen LogP contribution in [0.15, 0.2) is 97.1 Å². The van der Waals surface area contributed by atoms with Gasteiger partial charge in [0.25, 0.3) is 0 Å². The maximum atomic E-state index is 15.4. The molecule has 6 saturated heterocycles. The molecule has 0 bridgehead atoms. The molecule has 6 aliphatic rings. The number of hydrogen-bond acceptors (Lipinski definition) is 11. The molecule has 6 aliphatic heterocycles. The minimum absolute atomic E-state index is 0.0341. The lowest BCUT2D eigenvalue weighted by atomic mass is 9.55. The van der Waals surface area contributed by atoms with Crippen LogP contribution in [-0.4, -0.2) is 157 Å². The summed E-state index contributed by atoms with van der Waals surface area (Å²) in [6.07, 6.45) is 0.0152. The highest BCUT2D eigenvalue weighted by Gasteiger charge is 2.75. The summed E-state index contributed by atoms with van der Waals surface area (Å²) in [5, 5.41) is 2.87. The number of carbonyl (C=O) groups excluding carboxylic acids is 3. The number of ether oxygens (including phenoxy) is 6. The Kier molecular flexibility index (Phi) is 15.4. The van der Waals surface area contributed by atoms with Gasteiger partial charge in [-0.1, -0.05) is 48.5 Å². The second-order valence-corrected chi connectivity index (χ2v) is 20.1. The van der Waals surface area contributed by atoms with Crippen molar-refractivity contribution >= 4 is 18.2 Å². The number of nitrogens with zero attached hydrogens (tertiary/aromatic N) is 5. The summed E-state index contributed by atoms with van der Waals surface area (Å²) in [5.41, 5.74) is -1.76. The van der Waals surface area contributed by atoms with E-state index in [1.807, 2.05) is 0 Å². The largest absolute Gasteiger partial charge is 0.440 e. The molecule has 4 atom stereocenters. The van der Waals surface area contributed by atoms with Gasteiger partial charge in [0.1, 0.15) is 34.3 Å². The van der Waals surface area contributed by atoms with E-state index in [1.54, 1.807) is 63.2 Å². The number of alkyl halides is 4. The zero-order valence-corrected chi connectivity index (χ0v) is 41.2. The van der Waals surface area contributed by atoms with Gasteiger partial charge in [0.2, 0.25) is 0 Å². The van der Waals surface area contributed by atoms with Crippen LogP contribution in [0, 0.1) is 17.6 Å². The third-order valence-electron chi connectivity index (χ3n) is 16.0. The van der Waals surface area contributed by atoms with Crippen LogP contribution in [-0.2, 0) is 44.9 Å². The van der Waals surface area contributed by atoms with Gasteiger partial charge in [-0.25, -0.2) is 23.2 Å². The molecule has 4 aromatic rings. The van der Waals surface area contributed by atoms with Gasteiger partial charge in [-0.15, -0.1) is 0 Å². The van der Waals surface area contributed by atoms with E-state index in [9.17, 15) is 31.1 Å². The van der Waals surface area contributed by atoms with E-state index in [0.29, 0.717) is 107 Å². The average molecular weight is 1050 g/mol. The number of piperidine rings is 2. The Bertz CT molecular complexity index is 2610. The van der Waals surface area contributed by atoms with E-state index in [-0.39, 0.29) is 62.7 Å². The van der Waals surface area contributed by atoms with Gasteiger partial charge in [-0.2, -0.15) is 17.6 Å². The van der Waals surface area contributed by atoms with Crippen molar-refractivity contribution in [1.29, 1.82) is 0 Å². The monoisotopic (exact) mass is 1050 g/mol. The number of rotatable bonds is 19. The third-order valence-corrected chi connectivity index (χ3v) is 16.0. The second kappa shape index (κ2) is 22.1. The topological polar surface area (TPSA) is 135 Å². The van der Waals surface area contributed by atoms with Crippen molar-refractivity contribution in [2.24, 2.45) is 5.92 Å². The molecular weight excluding hydrogens is 991 g/mol. The van der Waals surface area contributed by atoms with Crippen molar-refractivity contribution in [3.05, 3.63) is 131 Å². The fourth-order valence-electron chi connectivity index (χ4n) is 12.4. The van der Waals surface area contributed by atoms with Crippen molar-refractivity contribution < 1.29 is 69.1 Å². The molecule has 21 heteroatoms. The molecule has 6 heterocycles. The first-order valence-corrected chi connectivity index (χ1v) is 25.5.